The third-order valence-electron chi connectivity index (χ3n) is 0.844. The van der Waals surface area contributed by atoms with Crippen molar-refractivity contribution in [1.29, 1.82) is 0 Å². The van der Waals surface area contributed by atoms with Crippen molar-refractivity contribution in [2.24, 2.45) is 0 Å². The SMILES string of the molecule is CCCCS(=O)(=O)OF.[CaH2]. The van der Waals surface area contributed by atoms with Crippen LogP contribution in [0.5, 0.6) is 0 Å². The summed E-state index contributed by atoms with van der Waals surface area (Å²) < 4.78 is 34.0. The van der Waals surface area contributed by atoms with Crippen LogP contribution in [0.1, 0.15) is 19.8 Å². The Hall–Kier alpha value is 1.10. The first-order chi connectivity index (χ1) is 4.12. The predicted molar refractivity (Wildman–Crippen MR) is 39.4 cm³/mol. The second kappa shape index (κ2) is 6.79. The van der Waals surface area contributed by atoms with Gasteiger partial charge in [0, 0.05) is 0 Å². The second-order valence-electron chi connectivity index (χ2n) is 1.68. The summed E-state index contributed by atoms with van der Waals surface area (Å²) in [5.74, 6) is -0.236. The van der Waals surface area contributed by atoms with E-state index in [4.69, 9.17) is 0 Å². The van der Waals surface area contributed by atoms with Gasteiger partial charge in [0.05, 0.1) is 5.75 Å². The van der Waals surface area contributed by atoms with E-state index in [0.29, 0.717) is 12.8 Å². The number of halogens is 1. The zero-order chi connectivity index (χ0) is 7.33. The Morgan fingerprint density at radius 3 is 2.30 bits per heavy atom. The summed E-state index contributed by atoms with van der Waals surface area (Å²) in [5.41, 5.74) is 0. The first-order valence-corrected chi connectivity index (χ1v) is 4.23. The molecule has 0 rings (SSSR count). The summed E-state index contributed by atoms with van der Waals surface area (Å²) in [4.78, 5) is 0. The molecule has 0 saturated heterocycles. The van der Waals surface area contributed by atoms with Gasteiger partial charge in [-0.15, -0.1) is 0 Å². The molecule has 10 heavy (non-hydrogen) atoms. The van der Waals surface area contributed by atoms with Gasteiger partial charge in [0.15, 0.2) is 0 Å². The first kappa shape index (κ1) is 13.7. The van der Waals surface area contributed by atoms with Gasteiger partial charge in [-0.1, -0.05) is 17.7 Å². The van der Waals surface area contributed by atoms with E-state index in [2.05, 4.69) is 4.39 Å². The maximum atomic E-state index is 11.0. The number of unbranched alkanes of at least 4 members (excludes halogenated alkanes) is 1. The molecule has 0 aliphatic rings. The van der Waals surface area contributed by atoms with Crippen molar-refractivity contribution in [3.8, 4) is 0 Å². The molecular weight excluding hydrogens is 187 g/mol. The molecule has 3 nitrogen and oxygen atoms in total. The molecule has 0 aromatic rings. The minimum absolute atomic E-state index is 0. The Labute approximate surface area is 90.0 Å². The maximum absolute atomic E-state index is 11.0. The van der Waals surface area contributed by atoms with Gasteiger partial charge in [-0.3, -0.25) is 0 Å². The van der Waals surface area contributed by atoms with Gasteiger partial charge in [0.1, 0.15) is 0 Å². The van der Waals surface area contributed by atoms with Crippen LogP contribution in [0.15, 0.2) is 0 Å². The topological polar surface area (TPSA) is 43.4 Å². The molecule has 0 aliphatic carbocycles. The molecule has 0 aromatic carbocycles. The molecule has 60 valence electrons. The fourth-order valence-corrected chi connectivity index (χ4v) is 1.06. The molecule has 0 unspecified atom stereocenters. The van der Waals surface area contributed by atoms with E-state index in [1.54, 1.807) is 0 Å². The van der Waals surface area contributed by atoms with Crippen LogP contribution < -0.4 is 0 Å². The molecule has 0 N–H and O–H groups in total. The van der Waals surface area contributed by atoms with Crippen LogP contribution in [0.2, 0.25) is 0 Å². The van der Waals surface area contributed by atoms with Crippen molar-refractivity contribution in [3.63, 3.8) is 0 Å². The molecule has 0 heterocycles. The van der Waals surface area contributed by atoms with Crippen LogP contribution in [0, 0.1) is 0 Å². The number of hydrogen-bond acceptors (Lipinski definition) is 3. The first-order valence-electron chi connectivity index (χ1n) is 2.65. The van der Waals surface area contributed by atoms with E-state index in [9.17, 15) is 12.9 Å². The molecule has 0 amide bonds. The Balaban J connectivity index is 0. The Morgan fingerprint density at radius 2 is 2.00 bits per heavy atom. The third kappa shape index (κ3) is 7.21. The molecule has 0 radical (unpaired) electrons. The quantitative estimate of drug-likeness (QED) is 0.602. The Morgan fingerprint density at radius 1 is 1.50 bits per heavy atom. The van der Waals surface area contributed by atoms with Gasteiger partial charge >= 0.3 is 37.7 Å². The third-order valence-corrected chi connectivity index (χ3v) is 1.82. The zero-order valence-corrected chi connectivity index (χ0v) is 5.95. The molecule has 0 aliphatic heterocycles. The minimum atomic E-state index is -3.85. The van der Waals surface area contributed by atoms with Crippen molar-refractivity contribution < 1.29 is 17.3 Å². The van der Waals surface area contributed by atoms with Crippen molar-refractivity contribution in [2.45, 2.75) is 19.8 Å². The fourth-order valence-electron chi connectivity index (χ4n) is 0.353. The van der Waals surface area contributed by atoms with Crippen LogP contribution in [0.3, 0.4) is 0 Å². The van der Waals surface area contributed by atoms with Gasteiger partial charge in [0.25, 0.3) is 10.1 Å². The molecule has 0 fully saturated rings. The van der Waals surface area contributed by atoms with E-state index < -0.39 is 10.1 Å². The second-order valence-corrected chi connectivity index (χ2v) is 3.33. The summed E-state index contributed by atoms with van der Waals surface area (Å²) >= 11 is 0. The Kier molecular flexibility index (Phi) is 9.28. The number of rotatable bonds is 4. The molecule has 0 saturated carbocycles. The van der Waals surface area contributed by atoms with Crippen molar-refractivity contribution in [1.82, 2.24) is 0 Å². The van der Waals surface area contributed by atoms with Gasteiger partial charge in [-0.25, -0.2) is 0 Å². The standard InChI is InChI=1S/C4H9FO3S.Ca.2H/c1-2-3-4-9(6,7)8-5;;;/h2-4H2,1H3;;;. The van der Waals surface area contributed by atoms with E-state index in [1.807, 2.05) is 6.92 Å². The summed E-state index contributed by atoms with van der Waals surface area (Å²) in [5, 5.41) is 0. The van der Waals surface area contributed by atoms with Gasteiger partial charge < -0.3 is 0 Å². The Bertz CT molecular complexity index is 156. The predicted octanol–water partition coefficient (Wildman–Crippen LogP) is 0.101. The van der Waals surface area contributed by atoms with Gasteiger partial charge in [-0.2, -0.15) is 8.42 Å². The number of hydrogen-bond donors (Lipinski definition) is 0. The molecule has 0 aromatic heterocycles. The van der Waals surface area contributed by atoms with Gasteiger partial charge in [0.2, 0.25) is 0 Å². The summed E-state index contributed by atoms with van der Waals surface area (Å²) in [7, 11) is -3.85. The molecular formula is C4H11CaFO3S. The summed E-state index contributed by atoms with van der Waals surface area (Å²) in [6.07, 6.45) is 1.15. The van der Waals surface area contributed by atoms with Crippen molar-refractivity contribution in [2.75, 3.05) is 5.75 Å². The van der Waals surface area contributed by atoms with E-state index in [1.165, 1.54) is 0 Å². The van der Waals surface area contributed by atoms with Crippen LogP contribution in [0.25, 0.3) is 0 Å². The molecule has 0 atom stereocenters. The van der Waals surface area contributed by atoms with E-state index in [0.717, 1.165) is 0 Å². The van der Waals surface area contributed by atoms with Crippen LogP contribution in [-0.4, -0.2) is 51.9 Å². The normalized spacial score (nSPS) is 10.6. The summed E-state index contributed by atoms with van der Waals surface area (Å²) in [6.45, 7) is 1.81. The average Bonchev–Trinajstić information content (AvgIpc) is 1.84. The van der Waals surface area contributed by atoms with Gasteiger partial charge in [-0.05, 0) is 10.9 Å². The van der Waals surface area contributed by atoms with E-state index >= 15 is 0 Å². The molecule has 0 spiro atoms. The van der Waals surface area contributed by atoms with Crippen LogP contribution >= 0.6 is 0 Å². The summed E-state index contributed by atoms with van der Waals surface area (Å²) in [6, 6.07) is 0. The van der Waals surface area contributed by atoms with Crippen LogP contribution in [-0.2, 0) is 14.5 Å². The van der Waals surface area contributed by atoms with Crippen molar-refractivity contribution >= 4 is 47.9 Å². The molecule has 6 heteroatoms. The van der Waals surface area contributed by atoms with Crippen LogP contribution in [0.4, 0.5) is 4.53 Å². The van der Waals surface area contributed by atoms with E-state index in [-0.39, 0.29) is 43.5 Å². The molecule has 0 bridgehead atoms. The monoisotopic (exact) mass is 198 g/mol. The average molecular weight is 198 g/mol. The zero-order valence-electron chi connectivity index (χ0n) is 5.13. The van der Waals surface area contributed by atoms with Crippen molar-refractivity contribution in [3.05, 3.63) is 0 Å². The fraction of sp³-hybridized carbons (Fsp3) is 1.00.